The lowest BCUT2D eigenvalue weighted by Crippen LogP contribution is -2.42. The van der Waals surface area contributed by atoms with E-state index in [9.17, 15) is 9.90 Å². The highest BCUT2D eigenvalue weighted by molar-refractivity contribution is 5.76. The van der Waals surface area contributed by atoms with E-state index in [1.54, 1.807) is 4.90 Å². The number of amides is 1. The van der Waals surface area contributed by atoms with E-state index in [0.717, 1.165) is 25.8 Å². The van der Waals surface area contributed by atoms with Crippen molar-refractivity contribution in [3.8, 4) is 0 Å². The van der Waals surface area contributed by atoms with Gasteiger partial charge in [0.2, 0.25) is 5.91 Å². The van der Waals surface area contributed by atoms with Crippen LogP contribution in [-0.4, -0.2) is 35.1 Å². The molecule has 3 nitrogen and oxygen atoms in total. The predicted octanol–water partition coefficient (Wildman–Crippen LogP) is 1.91. The first kappa shape index (κ1) is 13.1. The summed E-state index contributed by atoms with van der Waals surface area (Å²) in [6.45, 7) is 3.38. The number of aryl methyl sites for hydroxylation is 2. The molecular weight excluding hydrogens is 226 g/mol. The molecule has 0 saturated carbocycles. The zero-order valence-corrected chi connectivity index (χ0v) is 10.9. The van der Waals surface area contributed by atoms with Gasteiger partial charge in [0, 0.05) is 19.5 Å². The number of nitrogens with zero attached hydrogens (tertiary/aromatic N) is 1. The maximum atomic E-state index is 12.0. The maximum absolute atomic E-state index is 12.0. The van der Waals surface area contributed by atoms with Gasteiger partial charge in [0.05, 0.1) is 6.10 Å². The minimum Gasteiger partial charge on any atom is -0.391 e. The lowest BCUT2D eigenvalue weighted by Gasteiger charge is -2.30. The van der Waals surface area contributed by atoms with Crippen LogP contribution in [0.1, 0.15) is 30.4 Å². The van der Waals surface area contributed by atoms with Crippen molar-refractivity contribution in [1.82, 2.24) is 4.90 Å². The van der Waals surface area contributed by atoms with E-state index in [1.807, 2.05) is 12.1 Å². The Bertz CT molecular complexity index is 417. The third kappa shape index (κ3) is 3.33. The molecule has 18 heavy (non-hydrogen) atoms. The summed E-state index contributed by atoms with van der Waals surface area (Å²) in [7, 11) is 0. The summed E-state index contributed by atoms with van der Waals surface area (Å²) in [5.41, 5.74) is 2.48. The third-order valence-corrected chi connectivity index (χ3v) is 3.62. The topological polar surface area (TPSA) is 40.5 Å². The molecule has 1 heterocycles. The summed E-state index contributed by atoms with van der Waals surface area (Å²) < 4.78 is 0. The molecule has 0 bridgehead atoms. The molecule has 1 aliphatic heterocycles. The number of piperidine rings is 1. The van der Waals surface area contributed by atoms with Crippen LogP contribution in [0.5, 0.6) is 0 Å². The number of rotatable bonds is 3. The number of hydrogen-bond donors (Lipinski definition) is 1. The number of carbonyl (C=O) groups is 1. The largest absolute Gasteiger partial charge is 0.391 e. The average molecular weight is 247 g/mol. The second kappa shape index (κ2) is 6.01. The average Bonchev–Trinajstić information content (AvgIpc) is 2.37. The Morgan fingerprint density at radius 3 is 2.94 bits per heavy atom. The SMILES string of the molecule is Cc1ccccc1CCC(=O)N1CCCC(O)C1. The standard InChI is InChI=1S/C15H21NO2/c1-12-5-2-3-6-13(12)8-9-15(18)16-10-4-7-14(17)11-16/h2-3,5-6,14,17H,4,7-11H2,1H3. The van der Waals surface area contributed by atoms with Crippen molar-refractivity contribution < 1.29 is 9.90 Å². The number of aliphatic hydroxyl groups excluding tert-OH is 1. The van der Waals surface area contributed by atoms with Gasteiger partial charge in [0.25, 0.3) is 0 Å². The van der Waals surface area contributed by atoms with Crippen molar-refractivity contribution in [2.45, 2.75) is 38.7 Å². The highest BCUT2D eigenvalue weighted by atomic mass is 16.3. The number of aliphatic hydroxyl groups is 1. The Labute approximate surface area is 108 Å². The molecule has 1 fully saturated rings. The van der Waals surface area contributed by atoms with Crippen LogP contribution >= 0.6 is 0 Å². The minimum atomic E-state index is -0.332. The second-order valence-corrected chi connectivity index (χ2v) is 5.06. The molecule has 0 radical (unpaired) electrons. The van der Waals surface area contributed by atoms with Crippen LogP contribution in [0.2, 0.25) is 0 Å². The van der Waals surface area contributed by atoms with Crippen molar-refractivity contribution >= 4 is 5.91 Å². The van der Waals surface area contributed by atoms with Gasteiger partial charge in [-0.2, -0.15) is 0 Å². The summed E-state index contributed by atoms with van der Waals surface area (Å²) in [5.74, 6) is 0.164. The first-order valence-corrected chi connectivity index (χ1v) is 6.67. The highest BCUT2D eigenvalue weighted by Crippen LogP contribution is 2.14. The van der Waals surface area contributed by atoms with Gasteiger partial charge < -0.3 is 10.0 Å². The van der Waals surface area contributed by atoms with Crippen LogP contribution in [0.25, 0.3) is 0 Å². The maximum Gasteiger partial charge on any atom is 0.222 e. The Kier molecular flexibility index (Phi) is 4.37. The molecule has 1 amide bonds. The van der Waals surface area contributed by atoms with Gasteiger partial charge in [0.1, 0.15) is 0 Å². The van der Waals surface area contributed by atoms with Gasteiger partial charge in [-0.3, -0.25) is 4.79 Å². The van der Waals surface area contributed by atoms with Crippen molar-refractivity contribution in [1.29, 1.82) is 0 Å². The van der Waals surface area contributed by atoms with Gasteiger partial charge >= 0.3 is 0 Å². The summed E-state index contributed by atoms with van der Waals surface area (Å²) in [6, 6.07) is 8.18. The van der Waals surface area contributed by atoms with Gasteiger partial charge in [-0.1, -0.05) is 24.3 Å². The Morgan fingerprint density at radius 1 is 1.44 bits per heavy atom. The lowest BCUT2D eigenvalue weighted by molar-refractivity contribution is -0.134. The molecule has 3 heteroatoms. The summed E-state index contributed by atoms with van der Waals surface area (Å²) in [6.07, 6.45) is 2.73. The van der Waals surface area contributed by atoms with E-state index in [-0.39, 0.29) is 12.0 Å². The van der Waals surface area contributed by atoms with E-state index in [0.29, 0.717) is 13.0 Å². The Hall–Kier alpha value is -1.35. The molecule has 0 spiro atoms. The first-order valence-electron chi connectivity index (χ1n) is 6.67. The van der Waals surface area contributed by atoms with Crippen molar-refractivity contribution in [3.05, 3.63) is 35.4 Å². The number of benzene rings is 1. The van der Waals surface area contributed by atoms with Crippen molar-refractivity contribution in [2.75, 3.05) is 13.1 Å². The molecule has 1 aliphatic rings. The summed E-state index contributed by atoms with van der Waals surface area (Å²) in [4.78, 5) is 13.8. The van der Waals surface area contributed by atoms with Gasteiger partial charge in [-0.25, -0.2) is 0 Å². The van der Waals surface area contributed by atoms with E-state index in [1.165, 1.54) is 11.1 Å². The molecule has 1 aromatic rings. The molecule has 1 atom stereocenters. The third-order valence-electron chi connectivity index (χ3n) is 3.62. The van der Waals surface area contributed by atoms with Crippen LogP contribution in [0, 0.1) is 6.92 Å². The quantitative estimate of drug-likeness (QED) is 0.886. The fourth-order valence-electron chi connectivity index (χ4n) is 2.47. The molecule has 0 aliphatic carbocycles. The monoisotopic (exact) mass is 247 g/mol. The lowest BCUT2D eigenvalue weighted by atomic mass is 10.0. The summed E-state index contributed by atoms with van der Waals surface area (Å²) in [5, 5.41) is 9.56. The molecular formula is C15H21NO2. The van der Waals surface area contributed by atoms with E-state index < -0.39 is 0 Å². The molecule has 98 valence electrons. The molecule has 0 aromatic heterocycles. The zero-order chi connectivity index (χ0) is 13.0. The van der Waals surface area contributed by atoms with E-state index >= 15 is 0 Å². The number of β-amino-alcohol motifs (C(OH)–C–C–N with tert-alkyl or cyclic N) is 1. The molecule has 1 N–H and O–H groups in total. The van der Waals surface area contributed by atoms with Crippen molar-refractivity contribution in [3.63, 3.8) is 0 Å². The molecule has 1 saturated heterocycles. The van der Waals surface area contributed by atoms with Crippen molar-refractivity contribution in [2.24, 2.45) is 0 Å². The fourth-order valence-corrected chi connectivity index (χ4v) is 2.47. The number of likely N-dealkylation sites (tertiary alicyclic amines) is 1. The Morgan fingerprint density at radius 2 is 2.22 bits per heavy atom. The Balaban J connectivity index is 1.86. The smallest absolute Gasteiger partial charge is 0.222 e. The second-order valence-electron chi connectivity index (χ2n) is 5.06. The zero-order valence-electron chi connectivity index (χ0n) is 10.9. The first-order chi connectivity index (χ1) is 8.66. The van der Waals surface area contributed by atoms with Crippen LogP contribution in [-0.2, 0) is 11.2 Å². The van der Waals surface area contributed by atoms with Crippen LogP contribution in [0.15, 0.2) is 24.3 Å². The molecule has 1 unspecified atom stereocenters. The van der Waals surface area contributed by atoms with Crippen LogP contribution < -0.4 is 0 Å². The fraction of sp³-hybridized carbons (Fsp3) is 0.533. The summed E-state index contributed by atoms with van der Waals surface area (Å²) >= 11 is 0. The molecule has 2 rings (SSSR count). The van der Waals surface area contributed by atoms with Gasteiger partial charge in [-0.05, 0) is 37.3 Å². The van der Waals surface area contributed by atoms with Crippen LogP contribution in [0.3, 0.4) is 0 Å². The normalized spacial score (nSPS) is 19.9. The molecule has 1 aromatic carbocycles. The minimum absolute atomic E-state index is 0.164. The van der Waals surface area contributed by atoms with E-state index in [4.69, 9.17) is 0 Å². The van der Waals surface area contributed by atoms with Crippen LogP contribution in [0.4, 0.5) is 0 Å². The van der Waals surface area contributed by atoms with E-state index in [2.05, 4.69) is 19.1 Å². The van der Waals surface area contributed by atoms with Gasteiger partial charge in [0.15, 0.2) is 0 Å². The van der Waals surface area contributed by atoms with Gasteiger partial charge in [-0.15, -0.1) is 0 Å². The number of carbonyl (C=O) groups excluding carboxylic acids is 1. The predicted molar refractivity (Wildman–Crippen MR) is 71.3 cm³/mol. The highest BCUT2D eigenvalue weighted by Gasteiger charge is 2.21. The number of hydrogen-bond acceptors (Lipinski definition) is 2.